The molecular formula is C12H16BrNO6S. The Morgan fingerprint density at radius 2 is 2.14 bits per heavy atom. The van der Waals surface area contributed by atoms with Crippen molar-refractivity contribution in [3.63, 3.8) is 0 Å². The lowest BCUT2D eigenvalue weighted by molar-refractivity contribution is -0.147. The minimum atomic E-state index is -3.92. The molecule has 118 valence electrons. The number of carboxylic acid groups (broad SMARTS) is 1. The summed E-state index contributed by atoms with van der Waals surface area (Å²) in [5.41, 5.74) is 0. The van der Waals surface area contributed by atoms with Crippen LogP contribution in [0.2, 0.25) is 0 Å². The van der Waals surface area contributed by atoms with Crippen LogP contribution in [-0.4, -0.2) is 45.9 Å². The molecule has 1 rings (SSSR count). The second-order valence-corrected chi connectivity index (χ2v) is 6.59. The maximum Gasteiger partial charge on any atom is 0.334 e. The quantitative estimate of drug-likeness (QED) is 0.701. The lowest BCUT2D eigenvalue weighted by Crippen LogP contribution is -2.37. The van der Waals surface area contributed by atoms with E-state index in [0.29, 0.717) is 11.1 Å². The zero-order valence-electron chi connectivity index (χ0n) is 11.5. The molecule has 0 amide bonds. The zero-order valence-corrected chi connectivity index (χ0v) is 13.9. The van der Waals surface area contributed by atoms with Crippen LogP contribution in [0.1, 0.15) is 6.92 Å². The molecule has 0 fully saturated rings. The average Bonchev–Trinajstić information content (AvgIpc) is 2.41. The van der Waals surface area contributed by atoms with Gasteiger partial charge in [-0.25, -0.2) is 17.9 Å². The van der Waals surface area contributed by atoms with Gasteiger partial charge in [-0.2, -0.15) is 0 Å². The standard InChI is InChI=1S/C12H16BrNO6S/c1-3-20-9-5-4-8(13)6-11(9)21(17,18)14-7-10(19-2)12(15)16/h4-6,10,14H,3,7H2,1-2H3,(H,15,16). The molecule has 9 heteroatoms. The van der Waals surface area contributed by atoms with E-state index in [2.05, 4.69) is 25.4 Å². The number of rotatable bonds is 8. The molecule has 0 bridgehead atoms. The van der Waals surface area contributed by atoms with Crippen molar-refractivity contribution in [2.75, 3.05) is 20.3 Å². The summed E-state index contributed by atoms with van der Waals surface area (Å²) in [6.07, 6.45) is -1.26. The first-order valence-corrected chi connectivity index (χ1v) is 8.27. The summed E-state index contributed by atoms with van der Waals surface area (Å²) in [5, 5.41) is 8.83. The lowest BCUT2D eigenvalue weighted by Gasteiger charge is -2.14. The van der Waals surface area contributed by atoms with Crippen molar-refractivity contribution in [2.24, 2.45) is 0 Å². The van der Waals surface area contributed by atoms with Crippen molar-refractivity contribution in [1.29, 1.82) is 0 Å². The van der Waals surface area contributed by atoms with Gasteiger partial charge in [-0.05, 0) is 25.1 Å². The molecular weight excluding hydrogens is 366 g/mol. The number of halogens is 1. The second-order valence-electron chi connectivity index (χ2n) is 3.94. The van der Waals surface area contributed by atoms with Gasteiger partial charge < -0.3 is 14.6 Å². The lowest BCUT2D eigenvalue weighted by atomic mass is 10.3. The summed E-state index contributed by atoms with van der Waals surface area (Å²) in [6, 6.07) is 4.56. The largest absolute Gasteiger partial charge is 0.492 e. The minimum Gasteiger partial charge on any atom is -0.492 e. The number of carboxylic acids is 1. The van der Waals surface area contributed by atoms with Gasteiger partial charge in [0.05, 0.1) is 6.61 Å². The van der Waals surface area contributed by atoms with Crippen molar-refractivity contribution in [2.45, 2.75) is 17.9 Å². The average molecular weight is 382 g/mol. The predicted molar refractivity (Wildman–Crippen MR) is 78.9 cm³/mol. The number of methoxy groups -OCH3 is 1. The van der Waals surface area contributed by atoms with Crippen LogP contribution in [0.5, 0.6) is 5.75 Å². The van der Waals surface area contributed by atoms with Gasteiger partial charge in [0.25, 0.3) is 0 Å². The number of hydrogen-bond acceptors (Lipinski definition) is 5. The molecule has 21 heavy (non-hydrogen) atoms. The normalized spacial score (nSPS) is 12.9. The highest BCUT2D eigenvalue weighted by Crippen LogP contribution is 2.27. The predicted octanol–water partition coefficient (Wildman–Crippen LogP) is 1.23. The number of carbonyl (C=O) groups is 1. The third kappa shape index (κ3) is 4.95. The van der Waals surface area contributed by atoms with E-state index >= 15 is 0 Å². The Labute approximate surface area is 131 Å². The van der Waals surface area contributed by atoms with Gasteiger partial charge in [0.1, 0.15) is 10.6 Å². The number of nitrogens with one attached hydrogen (secondary N) is 1. The van der Waals surface area contributed by atoms with E-state index < -0.39 is 22.1 Å². The molecule has 0 saturated heterocycles. The Bertz CT molecular complexity index is 604. The zero-order chi connectivity index (χ0) is 16.0. The highest BCUT2D eigenvalue weighted by molar-refractivity contribution is 9.10. The van der Waals surface area contributed by atoms with E-state index in [9.17, 15) is 13.2 Å². The molecule has 0 aliphatic heterocycles. The molecule has 0 aliphatic rings. The molecule has 0 aromatic heterocycles. The number of ether oxygens (including phenoxy) is 2. The molecule has 1 unspecified atom stereocenters. The topological polar surface area (TPSA) is 102 Å². The Morgan fingerprint density at radius 3 is 2.67 bits per heavy atom. The summed E-state index contributed by atoms with van der Waals surface area (Å²) in [5.74, 6) is -1.06. The number of benzene rings is 1. The molecule has 0 heterocycles. The van der Waals surface area contributed by atoms with Gasteiger partial charge in [0, 0.05) is 18.1 Å². The fourth-order valence-corrected chi connectivity index (χ4v) is 3.21. The van der Waals surface area contributed by atoms with Crippen molar-refractivity contribution in [3.8, 4) is 5.75 Å². The molecule has 0 spiro atoms. The van der Waals surface area contributed by atoms with E-state index in [-0.39, 0.29) is 17.2 Å². The van der Waals surface area contributed by atoms with Crippen LogP contribution in [0.3, 0.4) is 0 Å². The van der Waals surface area contributed by atoms with Crippen LogP contribution >= 0.6 is 15.9 Å². The minimum absolute atomic E-state index is 0.0704. The van der Waals surface area contributed by atoms with Gasteiger partial charge in [0.15, 0.2) is 6.10 Å². The number of sulfonamides is 1. The Balaban J connectivity index is 3.02. The van der Waals surface area contributed by atoms with Crippen LogP contribution in [0, 0.1) is 0 Å². The van der Waals surface area contributed by atoms with E-state index in [4.69, 9.17) is 9.84 Å². The van der Waals surface area contributed by atoms with Crippen LogP contribution in [0.25, 0.3) is 0 Å². The van der Waals surface area contributed by atoms with E-state index in [0.717, 1.165) is 0 Å². The Hall–Kier alpha value is -1.16. The third-order valence-corrected chi connectivity index (χ3v) is 4.45. The van der Waals surface area contributed by atoms with Gasteiger partial charge in [-0.15, -0.1) is 0 Å². The number of hydrogen-bond donors (Lipinski definition) is 2. The van der Waals surface area contributed by atoms with Crippen molar-refractivity contribution in [1.82, 2.24) is 4.72 Å². The van der Waals surface area contributed by atoms with Crippen LogP contribution in [0.4, 0.5) is 0 Å². The summed E-state index contributed by atoms with van der Waals surface area (Å²) in [4.78, 5) is 10.7. The Morgan fingerprint density at radius 1 is 1.48 bits per heavy atom. The van der Waals surface area contributed by atoms with Crippen LogP contribution in [-0.2, 0) is 19.6 Å². The van der Waals surface area contributed by atoms with Crippen LogP contribution < -0.4 is 9.46 Å². The molecule has 1 atom stereocenters. The first-order chi connectivity index (χ1) is 9.81. The first kappa shape index (κ1) is 17.9. The first-order valence-electron chi connectivity index (χ1n) is 5.99. The summed E-state index contributed by atoms with van der Waals surface area (Å²) in [6.45, 7) is 1.66. The Kier molecular flexibility index (Phi) is 6.59. The van der Waals surface area contributed by atoms with Crippen molar-refractivity contribution < 1.29 is 27.8 Å². The molecule has 2 N–H and O–H groups in total. The highest BCUT2D eigenvalue weighted by Gasteiger charge is 2.24. The smallest absolute Gasteiger partial charge is 0.334 e. The van der Waals surface area contributed by atoms with Crippen LogP contribution in [0.15, 0.2) is 27.6 Å². The molecule has 0 saturated carbocycles. The molecule has 1 aromatic rings. The fourth-order valence-electron chi connectivity index (χ4n) is 1.50. The SMILES string of the molecule is CCOc1ccc(Br)cc1S(=O)(=O)NCC(OC)C(=O)O. The highest BCUT2D eigenvalue weighted by atomic mass is 79.9. The summed E-state index contributed by atoms with van der Waals surface area (Å²) >= 11 is 3.19. The van der Waals surface area contributed by atoms with Gasteiger partial charge in [-0.3, -0.25) is 0 Å². The van der Waals surface area contributed by atoms with E-state index in [1.807, 2.05) is 0 Å². The van der Waals surface area contributed by atoms with Gasteiger partial charge >= 0.3 is 5.97 Å². The molecule has 7 nitrogen and oxygen atoms in total. The monoisotopic (exact) mass is 381 g/mol. The van der Waals surface area contributed by atoms with E-state index in [1.165, 1.54) is 19.2 Å². The number of aliphatic carboxylic acids is 1. The second kappa shape index (κ2) is 7.74. The summed E-state index contributed by atoms with van der Waals surface area (Å²) < 4.78 is 37.2. The molecule has 0 aliphatic carbocycles. The van der Waals surface area contributed by atoms with E-state index in [1.54, 1.807) is 13.0 Å². The third-order valence-electron chi connectivity index (χ3n) is 2.51. The summed E-state index contributed by atoms with van der Waals surface area (Å²) in [7, 11) is -2.73. The maximum atomic E-state index is 12.3. The van der Waals surface area contributed by atoms with Gasteiger partial charge in [0.2, 0.25) is 10.0 Å². The van der Waals surface area contributed by atoms with Crippen molar-refractivity contribution in [3.05, 3.63) is 22.7 Å². The molecule has 1 aromatic carbocycles. The molecule has 0 radical (unpaired) electrons. The fraction of sp³-hybridized carbons (Fsp3) is 0.417. The van der Waals surface area contributed by atoms with Gasteiger partial charge in [-0.1, -0.05) is 15.9 Å². The maximum absolute atomic E-state index is 12.3. The van der Waals surface area contributed by atoms with Crippen molar-refractivity contribution >= 4 is 31.9 Å².